The van der Waals surface area contributed by atoms with Gasteiger partial charge in [-0.2, -0.15) is 0 Å². The molecule has 0 spiro atoms. The number of nitrogens with one attached hydrogen (secondary N) is 1. The average Bonchev–Trinajstić information content (AvgIpc) is 3.06. The Balaban J connectivity index is 2.03. The van der Waals surface area contributed by atoms with Crippen LogP contribution in [0.5, 0.6) is 11.5 Å². The number of carbonyl (C=O) groups is 1. The fourth-order valence-corrected chi connectivity index (χ4v) is 3.92. The lowest BCUT2D eigenvalue weighted by Crippen LogP contribution is -1.99. The number of aromatic nitrogens is 1. The number of methoxy groups -OCH3 is 2. The number of aliphatic carboxylic acids is 1. The predicted octanol–water partition coefficient (Wildman–Crippen LogP) is 5.50. The van der Waals surface area contributed by atoms with Gasteiger partial charge in [0, 0.05) is 10.4 Å². The van der Waals surface area contributed by atoms with E-state index in [9.17, 15) is 9.90 Å². The van der Waals surface area contributed by atoms with E-state index >= 15 is 0 Å². The van der Waals surface area contributed by atoms with Crippen LogP contribution in [0.4, 0.5) is 10.8 Å². The van der Waals surface area contributed by atoms with Crippen molar-refractivity contribution in [2.24, 2.45) is 0 Å². The Labute approximate surface area is 175 Å². The van der Waals surface area contributed by atoms with Gasteiger partial charge in [0.2, 0.25) is 0 Å². The van der Waals surface area contributed by atoms with Crippen LogP contribution in [0.2, 0.25) is 10.0 Å². The zero-order valence-corrected chi connectivity index (χ0v) is 17.3. The molecule has 0 aliphatic rings. The molecule has 0 saturated heterocycles. The molecule has 0 saturated carbocycles. The zero-order valence-electron chi connectivity index (χ0n) is 15.0. The number of hydrogen-bond acceptors (Lipinski definition) is 6. The largest absolute Gasteiger partial charge is 0.493 e. The van der Waals surface area contributed by atoms with E-state index in [0.29, 0.717) is 42.9 Å². The summed E-state index contributed by atoms with van der Waals surface area (Å²) < 4.78 is 10.6. The molecule has 3 aromatic rings. The lowest BCUT2D eigenvalue weighted by atomic mass is 10.1. The molecule has 0 aliphatic carbocycles. The highest BCUT2D eigenvalue weighted by Crippen LogP contribution is 2.39. The van der Waals surface area contributed by atoms with E-state index in [1.165, 1.54) is 18.4 Å². The quantitative estimate of drug-likeness (QED) is 0.506. The van der Waals surface area contributed by atoms with Crippen LogP contribution in [0.15, 0.2) is 36.4 Å². The van der Waals surface area contributed by atoms with Gasteiger partial charge in [0.25, 0.3) is 0 Å². The van der Waals surface area contributed by atoms with Crippen LogP contribution in [0.1, 0.15) is 4.88 Å². The summed E-state index contributed by atoms with van der Waals surface area (Å²) in [5.74, 6) is 0.157. The summed E-state index contributed by atoms with van der Waals surface area (Å²) in [7, 11) is 3.09. The van der Waals surface area contributed by atoms with Gasteiger partial charge < -0.3 is 19.9 Å². The predicted molar refractivity (Wildman–Crippen MR) is 112 cm³/mol. The first-order chi connectivity index (χ1) is 13.4. The van der Waals surface area contributed by atoms with Gasteiger partial charge in [-0.3, -0.25) is 4.79 Å². The van der Waals surface area contributed by atoms with Crippen molar-refractivity contribution in [3.05, 3.63) is 51.3 Å². The van der Waals surface area contributed by atoms with Gasteiger partial charge in [0.05, 0.1) is 42.1 Å². The van der Waals surface area contributed by atoms with E-state index in [2.05, 4.69) is 10.3 Å². The molecule has 3 rings (SSSR count). The standard InChI is InChI=1S/C19H16Cl2N2O4S/c1-26-13-7-6-10(8-14(13)27-2)18-15(9-16(24)25)28-19(23-18)22-12-5-3-4-11(20)17(12)21/h3-8H,9H2,1-2H3,(H,22,23)(H,24,25). The van der Waals surface area contributed by atoms with Gasteiger partial charge >= 0.3 is 5.97 Å². The Hall–Kier alpha value is -2.48. The lowest BCUT2D eigenvalue weighted by Gasteiger charge is -2.09. The maximum Gasteiger partial charge on any atom is 0.308 e. The molecule has 0 aliphatic heterocycles. The van der Waals surface area contributed by atoms with E-state index in [1.807, 2.05) is 0 Å². The fourth-order valence-electron chi connectivity index (χ4n) is 2.59. The smallest absolute Gasteiger partial charge is 0.308 e. The Morgan fingerprint density at radius 1 is 1.18 bits per heavy atom. The summed E-state index contributed by atoms with van der Waals surface area (Å²) in [5.41, 5.74) is 1.85. The number of halogens is 2. The van der Waals surface area contributed by atoms with Crippen LogP contribution in [0.25, 0.3) is 11.3 Å². The summed E-state index contributed by atoms with van der Waals surface area (Å²) in [6, 6.07) is 10.5. The molecular formula is C19H16Cl2N2O4S. The van der Waals surface area contributed by atoms with Crippen molar-refractivity contribution in [3.63, 3.8) is 0 Å². The molecule has 0 bridgehead atoms. The van der Waals surface area contributed by atoms with Gasteiger partial charge in [0.1, 0.15) is 0 Å². The molecule has 28 heavy (non-hydrogen) atoms. The van der Waals surface area contributed by atoms with E-state index in [-0.39, 0.29) is 6.42 Å². The topological polar surface area (TPSA) is 80.7 Å². The summed E-state index contributed by atoms with van der Waals surface area (Å²) in [6.07, 6.45) is -0.160. The zero-order chi connectivity index (χ0) is 20.3. The van der Waals surface area contributed by atoms with Crippen molar-refractivity contribution >= 4 is 51.3 Å². The molecule has 0 atom stereocenters. The third-order valence-corrected chi connectivity index (χ3v) is 5.65. The Kier molecular flexibility index (Phi) is 6.28. The summed E-state index contributed by atoms with van der Waals surface area (Å²) in [4.78, 5) is 16.5. The third-order valence-electron chi connectivity index (χ3n) is 3.86. The number of hydrogen-bond donors (Lipinski definition) is 2. The fraction of sp³-hybridized carbons (Fsp3) is 0.158. The number of rotatable bonds is 7. The minimum Gasteiger partial charge on any atom is -0.493 e. The van der Waals surface area contributed by atoms with Crippen molar-refractivity contribution in [1.29, 1.82) is 0 Å². The third kappa shape index (κ3) is 4.32. The molecule has 0 radical (unpaired) electrons. The van der Waals surface area contributed by atoms with Crippen molar-refractivity contribution in [1.82, 2.24) is 4.98 Å². The van der Waals surface area contributed by atoms with Crippen molar-refractivity contribution in [3.8, 4) is 22.8 Å². The van der Waals surface area contributed by atoms with E-state index in [4.69, 9.17) is 32.7 Å². The monoisotopic (exact) mass is 438 g/mol. The summed E-state index contributed by atoms with van der Waals surface area (Å²) in [5, 5.41) is 13.7. The number of anilines is 2. The number of carboxylic acid groups (broad SMARTS) is 1. The minimum absolute atomic E-state index is 0.160. The van der Waals surface area contributed by atoms with Crippen LogP contribution in [-0.4, -0.2) is 30.3 Å². The molecule has 146 valence electrons. The number of nitrogens with zero attached hydrogens (tertiary/aromatic N) is 1. The second-order valence-corrected chi connectivity index (χ2v) is 7.53. The molecule has 0 amide bonds. The normalized spacial score (nSPS) is 10.6. The molecule has 2 aromatic carbocycles. The number of benzene rings is 2. The average molecular weight is 439 g/mol. The maximum absolute atomic E-state index is 11.3. The van der Waals surface area contributed by atoms with Gasteiger partial charge in [0.15, 0.2) is 16.6 Å². The second kappa shape index (κ2) is 8.68. The molecule has 1 aromatic heterocycles. The summed E-state index contributed by atoms with van der Waals surface area (Å²) in [6.45, 7) is 0. The Morgan fingerprint density at radius 3 is 2.61 bits per heavy atom. The van der Waals surface area contributed by atoms with Crippen molar-refractivity contribution in [2.45, 2.75) is 6.42 Å². The molecule has 0 fully saturated rings. The van der Waals surface area contributed by atoms with E-state index in [1.54, 1.807) is 43.5 Å². The molecule has 9 heteroatoms. The summed E-state index contributed by atoms with van der Waals surface area (Å²) >= 11 is 13.5. The van der Waals surface area contributed by atoms with Gasteiger partial charge in [-0.1, -0.05) is 29.3 Å². The van der Waals surface area contributed by atoms with Crippen LogP contribution in [0, 0.1) is 0 Å². The SMILES string of the molecule is COc1ccc(-c2nc(Nc3cccc(Cl)c3Cl)sc2CC(=O)O)cc1OC. The molecular weight excluding hydrogens is 423 g/mol. The maximum atomic E-state index is 11.3. The van der Waals surface area contributed by atoms with Crippen molar-refractivity contribution in [2.75, 3.05) is 19.5 Å². The lowest BCUT2D eigenvalue weighted by molar-refractivity contribution is -0.136. The highest BCUT2D eigenvalue weighted by molar-refractivity contribution is 7.16. The minimum atomic E-state index is -0.947. The highest BCUT2D eigenvalue weighted by atomic mass is 35.5. The first-order valence-corrected chi connectivity index (χ1v) is 9.65. The van der Waals surface area contributed by atoms with Crippen LogP contribution >= 0.6 is 34.5 Å². The molecule has 0 unspecified atom stereocenters. The van der Waals surface area contributed by atoms with Gasteiger partial charge in [-0.05, 0) is 30.3 Å². The molecule has 2 N–H and O–H groups in total. The van der Waals surface area contributed by atoms with Gasteiger partial charge in [-0.25, -0.2) is 4.98 Å². The highest BCUT2D eigenvalue weighted by Gasteiger charge is 2.18. The van der Waals surface area contributed by atoms with E-state index in [0.717, 1.165) is 5.56 Å². The number of carboxylic acids is 1. The van der Waals surface area contributed by atoms with Crippen molar-refractivity contribution < 1.29 is 19.4 Å². The number of thiazole rings is 1. The van der Waals surface area contributed by atoms with E-state index < -0.39 is 5.97 Å². The first-order valence-electron chi connectivity index (χ1n) is 8.08. The number of ether oxygens (including phenoxy) is 2. The Morgan fingerprint density at radius 2 is 1.93 bits per heavy atom. The van der Waals surface area contributed by atoms with Crippen LogP contribution in [0.3, 0.4) is 0 Å². The van der Waals surface area contributed by atoms with Crippen LogP contribution in [-0.2, 0) is 11.2 Å². The first kappa shape index (κ1) is 20.3. The second-order valence-electron chi connectivity index (χ2n) is 5.66. The molecule has 1 heterocycles. The van der Waals surface area contributed by atoms with Gasteiger partial charge in [-0.15, -0.1) is 11.3 Å². The van der Waals surface area contributed by atoms with Crippen LogP contribution < -0.4 is 14.8 Å². The molecule has 6 nitrogen and oxygen atoms in total. The Bertz CT molecular complexity index is 1020.